The molecule has 1 atom stereocenters. The summed E-state index contributed by atoms with van der Waals surface area (Å²) >= 11 is 0. The molecule has 1 aliphatic carbocycles. The Kier molecular flexibility index (Phi) is 10.6. The molecule has 143 valence electrons. The van der Waals surface area contributed by atoms with Gasteiger partial charge in [0.2, 0.25) is 5.78 Å². The maximum atomic E-state index is 11.3. The highest BCUT2D eigenvalue weighted by atomic mass is 16.1. The molecule has 1 aromatic rings. The first-order valence-electron chi connectivity index (χ1n) is 10.0. The van der Waals surface area contributed by atoms with Crippen LogP contribution in [-0.2, 0) is 16.0 Å². The molecule has 0 aliphatic heterocycles. The van der Waals surface area contributed by atoms with E-state index in [-0.39, 0.29) is 7.21 Å². The average Bonchev–Trinajstić information content (AvgIpc) is 2.65. The summed E-state index contributed by atoms with van der Waals surface area (Å²) < 4.78 is 0. The molecule has 0 N–H and O–H groups in total. The van der Waals surface area contributed by atoms with Gasteiger partial charge in [-0.05, 0) is 63.4 Å². The number of carbonyl (C=O) groups excluding carboxylic acids is 2. The number of hydrogen-bond acceptors (Lipinski definition) is 2. The molecule has 1 unspecified atom stereocenters. The predicted molar refractivity (Wildman–Crippen MR) is 110 cm³/mol. The number of rotatable bonds is 7. The van der Waals surface area contributed by atoms with Gasteiger partial charge in [0.05, 0.1) is 0 Å². The second-order valence-electron chi connectivity index (χ2n) is 7.43. The number of benzene rings is 1. The third-order valence-electron chi connectivity index (χ3n) is 5.33. The van der Waals surface area contributed by atoms with Crippen LogP contribution < -0.4 is 0 Å². The predicted octanol–water partition coefficient (Wildman–Crippen LogP) is 5.81. The van der Waals surface area contributed by atoms with E-state index in [1.807, 2.05) is 0 Å². The molecule has 1 fully saturated rings. The fourth-order valence-corrected chi connectivity index (χ4v) is 3.77. The van der Waals surface area contributed by atoms with Crippen molar-refractivity contribution in [3.8, 4) is 12.3 Å². The Balaban J connectivity index is 0.000000488. The Morgan fingerprint density at radius 2 is 1.81 bits per heavy atom. The van der Waals surface area contributed by atoms with Crippen LogP contribution in [-0.4, -0.2) is 11.6 Å². The minimum Gasteiger partial charge on any atom is -0.300 e. The number of ketones is 2. The Labute approximate surface area is 161 Å². The maximum absolute atomic E-state index is 11.3. The highest BCUT2D eigenvalue weighted by molar-refractivity contribution is 5.94. The molecule has 2 nitrogen and oxygen atoms in total. The van der Waals surface area contributed by atoms with Crippen LogP contribution >= 0.6 is 0 Å². The SMILES string of the molecule is C#CC(=O)CCCc1ccc(C)cc1.CCC(C(C)=O)C1CCCCC1.[H]. The fourth-order valence-electron chi connectivity index (χ4n) is 3.77. The van der Waals surface area contributed by atoms with E-state index in [0.717, 1.165) is 19.3 Å². The number of aryl methyl sites for hydroxylation is 2. The molecule has 0 saturated heterocycles. The average molecular weight is 356 g/mol. The van der Waals surface area contributed by atoms with Crippen LogP contribution in [0.5, 0.6) is 0 Å². The molecule has 0 spiro atoms. The van der Waals surface area contributed by atoms with Crippen LogP contribution in [0.4, 0.5) is 0 Å². The van der Waals surface area contributed by atoms with Crippen molar-refractivity contribution in [2.75, 3.05) is 0 Å². The molecule has 1 radical (unpaired) electrons. The molecule has 1 saturated carbocycles. The zero-order valence-corrected chi connectivity index (χ0v) is 16.7. The van der Waals surface area contributed by atoms with Gasteiger partial charge in [0, 0.05) is 13.8 Å². The first kappa shape index (κ1) is 22.2. The highest BCUT2D eigenvalue weighted by Crippen LogP contribution is 2.31. The van der Waals surface area contributed by atoms with Gasteiger partial charge in [0.25, 0.3) is 0 Å². The molecular formula is C24H35O2. The van der Waals surface area contributed by atoms with Crippen LogP contribution in [0.15, 0.2) is 24.3 Å². The molecule has 1 aromatic carbocycles. The van der Waals surface area contributed by atoms with Crippen LogP contribution in [0.2, 0.25) is 0 Å². The van der Waals surface area contributed by atoms with Gasteiger partial charge in [-0.3, -0.25) is 9.59 Å². The zero-order chi connectivity index (χ0) is 19.4. The molecule has 0 amide bonds. The van der Waals surface area contributed by atoms with Gasteiger partial charge in [0.15, 0.2) is 0 Å². The van der Waals surface area contributed by atoms with Crippen LogP contribution in [0.3, 0.4) is 0 Å². The summed E-state index contributed by atoms with van der Waals surface area (Å²) in [6.45, 7) is 5.95. The second-order valence-corrected chi connectivity index (χ2v) is 7.43. The Morgan fingerprint density at radius 1 is 1.19 bits per heavy atom. The quantitative estimate of drug-likeness (QED) is 0.456. The maximum Gasteiger partial charge on any atom is 0.205 e. The Bertz CT molecular complexity index is 592. The van der Waals surface area contributed by atoms with Crippen LogP contribution in [0.25, 0.3) is 0 Å². The lowest BCUT2D eigenvalue weighted by Gasteiger charge is -2.27. The van der Waals surface area contributed by atoms with Gasteiger partial charge in [-0.2, -0.15) is 0 Å². The molecule has 0 bridgehead atoms. The van der Waals surface area contributed by atoms with E-state index in [1.54, 1.807) is 6.92 Å². The first-order valence-corrected chi connectivity index (χ1v) is 10.0. The van der Waals surface area contributed by atoms with E-state index < -0.39 is 0 Å². The van der Waals surface area contributed by atoms with Crippen LogP contribution in [0.1, 0.15) is 77.8 Å². The number of Topliss-reactive ketones (excluding diaryl/α,β-unsaturated/α-hetero) is 2. The summed E-state index contributed by atoms with van der Waals surface area (Å²) in [7, 11) is 0. The second kappa shape index (κ2) is 12.5. The number of hydrogen-bond donors (Lipinski definition) is 0. The normalized spacial score (nSPS) is 15.3. The van der Waals surface area contributed by atoms with Crippen molar-refractivity contribution >= 4 is 11.6 Å². The monoisotopic (exact) mass is 355 g/mol. The highest BCUT2D eigenvalue weighted by Gasteiger charge is 2.25. The van der Waals surface area contributed by atoms with E-state index in [2.05, 4.69) is 44.0 Å². The first-order chi connectivity index (χ1) is 12.5. The lowest BCUT2D eigenvalue weighted by molar-refractivity contribution is -0.122. The third-order valence-corrected chi connectivity index (χ3v) is 5.33. The van der Waals surface area contributed by atoms with Gasteiger partial charge in [0.1, 0.15) is 5.78 Å². The van der Waals surface area contributed by atoms with Crippen molar-refractivity contribution < 1.29 is 11.0 Å². The van der Waals surface area contributed by atoms with Crippen molar-refractivity contribution in [3.63, 3.8) is 0 Å². The summed E-state index contributed by atoms with van der Waals surface area (Å²) in [5.41, 5.74) is 2.52. The minimum atomic E-state index is -0.0999. The van der Waals surface area contributed by atoms with E-state index >= 15 is 0 Å². The van der Waals surface area contributed by atoms with Crippen molar-refractivity contribution in [3.05, 3.63) is 35.4 Å². The smallest absolute Gasteiger partial charge is 0.205 e. The third kappa shape index (κ3) is 8.48. The van der Waals surface area contributed by atoms with E-state index in [0.29, 0.717) is 24.0 Å². The van der Waals surface area contributed by atoms with Gasteiger partial charge >= 0.3 is 0 Å². The van der Waals surface area contributed by atoms with Crippen molar-refractivity contribution in [2.24, 2.45) is 11.8 Å². The molecule has 0 aromatic heterocycles. The summed E-state index contributed by atoms with van der Waals surface area (Å²) in [6.07, 6.45) is 14.9. The van der Waals surface area contributed by atoms with Gasteiger partial charge in [-0.25, -0.2) is 0 Å². The van der Waals surface area contributed by atoms with Crippen molar-refractivity contribution in [1.82, 2.24) is 0 Å². The van der Waals surface area contributed by atoms with E-state index in [1.165, 1.54) is 43.2 Å². The minimum absolute atomic E-state index is 0. The summed E-state index contributed by atoms with van der Waals surface area (Å²) in [5, 5.41) is 0. The van der Waals surface area contributed by atoms with Gasteiger partial charge in [-0.15, -0.1) is 6.42 Å². The van der Waals surface area contributed by atoms with Gasteiger partial charge < -0.3 is 0 Å². The molecule has 1 aliphatic rings. The largest absolute Gasteiger partial charge is 0.300 e. The van der Waals surface area contributed by atoms with E-state index in [4.69, 9.17) is 6.42 Å². The summed E-state index contributed by atoms with van der Waals surface area (Å²) in [5.74, 6) is 3.50. The summed E-state index contributed by atoms with van der Waals surface area (Å²) in [6, 6.07) is 8.35. The zero-order valence-electron chi connectivity index (χ0n) is 17.7. The van der Waals surface area contributed by atoms with Crippen molar-refractivity contribution in [2.45, 2.75) is 78.6 Å². The Morgan fingerprint density at radius 3 is 2.31 bits per heavy atom. The number of carbonyl (C=O) groups is 2. The Hall–Kier alpha value is -1.88. The lowest BCUT2D eigenvalue weighted by Crippen LogP contribution is -2.23. The van der Waals surface area contributed by atoms with Gasteiger partial charge in [-0.1, -0.05) is 56.0 Å². The van der Waals surface area contributed by atoms with Crippen molar-refractivity contribution in [1.29, 1.82) is 0 Å². The lowest BCUT2D eigenvalue weighted by atomic mass is 9.77. The van der Waals surface area contributed by atoms with E-state index in [9.17, 15) is 9.59 Å². The molecule has 2 rings (SSSR count). The standard InChI is InChI=1S/C13H14O.C11H20O.H/c1-3-13(14)6-4-5-12-9-7-11(2)8-10-12;1-3-11(9(2)12)10-7-5-4-6-8-10;/h1,7-10H,4-6H2,2H3;10-11H,3-8H2,1-2H3;. The fraction of sp³-hybridized carbons (Fsp3) is 0.583. The van der Waals surface area contributed by atoms with Crippen LogP contribution in [0, 0.1) is 31.1 Å². The number of terminal acetylenes is 1. The molecular weight excluding hydrogens is 320 g/mol. The molecule has 2 heteroatoms. The molecule has 0 heterocycles. The topological polar surface area (TPSA) is 34.1 Å². The molecule has 26 heavy (non-hydrogen) atoms. The summed E-state index contributed by atoms with van der Waals surface area (Å²) in [4.78, 5) is 22.1.